The topological polar surface area (TPSA) is 72.1 Å². The molecule has 1 amide bonds. The predicted octanol–water partition coefficient (Wildman–Crippen LogP) is 2.78. The van der Waals surface area contributed by atoms with E-state index in [0.717, 1.165) is 38.0 Å². The number of rotatable bonds is 2. The van der Waals surface area contributed by atoms with Crippen LogP contribution in [0.3, 0.4) is 0 Å². The molecule has 0 radical (unpaired) electrons. The number of aryl methyl sites for hydroxylation is 1. The number of nitrogens with zero attached hydrogens (tertiary/aromatic N) is 3. The van der Waals surface area contributed by atoms with Gasteiger partial charge in [0.1, 0.15) is 5.69 Å². The fourth-order valence-corrected chi connectivity index (χ4v) is 3.22. The number of aromatic nitrogens is 2. The Morgan fingerprint density at radius 1 is 1.17 bits per heavy atom. The van der Waals surface area contributed by atoms with E-state index in [1.54, 1.807) is 6.07 Å². The zero-order valence-electron chi connectivity index (χ0n) is 13.4. The molecule has 1 atom stereocenters. The molecule has 0 saturated carbocycles. The highest BCUT2D eigenvalue weighted by Gasteiger charge is 2.23. The lowest BCUT2D eigenvalue weighted by Crippen LogP contribution is -2.32. The predicted molar refractivity (Wildman–Crippen MR) is 90.1 cm³/mol. The SMILES string of the molecule is Cc1cc(C(=O)N2CCCC(c3ccccc3)CC2)nc(N)n1. The lowest BCUT2D eigenvalue weighted by Gasteiger charge is -2.20. The lowest BCUT2D eigenvalue weighted by molar-refractivity contribution is 0.0755. The second-order valence-electron chi connectivity index (χ2n) is 6.08. The number of carbonyl (C=O) groups excluding carboxylic acids is 1. The van der Waals surface area contributed by atoms with Crippen molar-refractivity contribution < 1.29 is 4.79 Å². The summed E-state index contributed by atoms with van der Waals surface area (Å²) in [5, 5.41) is 0. The van der Waals surface area contributed by atoms with Gasteiger partial charge in [-0.2, -0.15) is 0 Å². The van der Waals surface area contributed by atoms with Crippen molar-refractivity contribution >= 4 is 11.9 Å². The highest BCUT2D eigenvalue weighted by Crippen LogP contribution is 2.28. The molecule has 5 nitrogen and oxygen atoms in total. The number of amides is 1. The van der Waals surface area contributed by atoms with Crippen LogP contribution in [0.5, 0.6) is 0 Å². The Bertz CT molecular complexity index is 666. The number of anilines is 1. The molecule has 0 aliphatic carbocycles. The van der Waals surface area contributed by atoms with E-state index in [2.05, 4.69) is 34.2 Å². The van der Waals surface area contributed by atoms with Gasteiger partial charge in [-0.05, 0) is 43.7 Å². The molecule has 5 heteroatoms. The van der Waals surface area contributed by atoms with Crippen LogP contribution in [0.4, 0.5) is 5.95 Å². The van der Waals surface area contributed by atoms with Gasteiger partial charge in [-0.25, -0.2) is 9.97 Å². The van der Waals surface area contributed by atoms with Crippen LogP contribution in [0.2, 0.25) is 0 Å². The fraction of sp³-hybridized carbons (Fsp3) is 0.389. The van der Waals surface area contributed by atoms with Gasteiger partial charge in [-0.15, -0.1) is 0 Å². The first kappa shape index (κ1) is 15.5. The average molecular weight is 310 g/mol. The molecule has 1 saturated heterocycles. The van der Waals surface area contributed by atoms with Crippen molar-refractivity contribution in [2.45, 2.75) is 32.1 Å². The third kappa shape index (κ3) is 3.67. The number of hydrogen-bond acceptors (Lipinski definition) is 4. The molecule has 120 valence electrons. The van der Waals surface area contributed by atoms with E-state index in [4.69, 9.17) is 5.73 Å². The van der Waals surface area contributed by atoms with E-state index in [1.807, 2.05) is 17.9 Å². The zero-order chi connectivity index (χ0) is 16.2. The number of hydrogen-bond donors (Lipinski definition) is 1. The first-order chi connectivity index (χ1) is 11.1. The smallest absolute Gasteiger partial charge is 0.272 e. The standard InChI is InChI=1S/C18H22N4O/c1-13-12-16(21-18(19)20-13)17(23)22-10-5-8-15(9-11-22)14-6-3-2-4-7-14/h2-4,6-7,12,15H,5,8-11H2,1H3,(H2,19,20,21). The second kappa shape index (κ2) is 6.77. The Balaban J connectivity index is 1.71. The van der Waals surface area contributed by atoms with Gasteiger partial charge in [-0.3, -0.25) is 4.79 Å². The maximum Gasteiger partial charge on any atom is 0.272 e. The van der Waals surface area contributed by atoms with Crippen LogP contribution >= 0.6 is 0 Å². The summed E-state index contributed by atoms with van der Waals surface area (Å²) >= 11 is 0. The molecule has 2 aromatic rings. The summed E-state index contributed by atoms with van der Waals surface area (Å²) < 4.78 is 0. The first-order valence-corrected chi connectivity index (χ1v) is 8.09. The van der Waals surface area contributed by atoms with Gasteiger partial charge in [0, 0.05) is 18.8 Å². The number of carbonyl (C=O) groups is 1. The molecular weight excluding hydrogens is 288 g/mol. The van der Waals surface area contributed by atoms with Crippen LogP contribution in [0, 0.1) is 6.92 Å². The van der Waals surface area contributed by atoms with Gasteiger partial charge in [0.2, 0.25) is 5.95 Å². The van der Waals surface area contributed by atoms with Crippen LogP contribution in [-0.4, -0.2) is 33.9 Å². The van der Waals surface area contributed by atoms with Crippen LogP contribution < -0.4 is 5.73 Å². The summed E-state index contributed by atoms with van der Waals surface area (Å²) in [5.74, 6) is 0.632. The minimum absolute atomic E-state index is 0.0455. The molecule has 2 heterocycles. The molecule has 1 aliphatic rings. The van der Waals surface area contributed by atoms with E-state index in [1.165, 1.54) is 5.56 Å². The molecular formula is C18H22N4O. The minimum atomic E-state index is -0.0455. The van der Waals surface area contributed by atoms with E-state index in [0.29, 0.717) is 11.6 Å². The monoisotopic (exact) mass is 310 g/mol. The Morgan fingerprint density at radius 3 is 2.70 bits per heavy atom. The van der Waals surface area contributed by atoms with Crippen molar-refractivity contribution in [1.82, 2.24) is 14.9 Å². The highest BCUT2D eigenvalue weighted by atomic mass is 16.2. The Labute approximate surface area is 136 Å². The van der Waals surface area contributed by atoms with Crippen molar-refractivity contribution in [2.75, 3.05) is 18.8 Å². The number of nitrogens with two attached hydrogens (primary N) is 1. The molecule has 3 rings (SSSR count). The van der Waals surface area contributed by atoms with Crippen molar-refractivity contribution in [1.29, 1.82) is 0 Å². The minimum Gasteiger partial charge on any atom is -0.368 e. The van der Waals surface area contributed by atoms with Gasteiger partial charge in [0.15, 0.2) is 0 Å². The molecule has 1 fully saturated rings. The molecule has 2 N–H and O–H groups in total. The molecule has 1 unspecified atom stereocenters. The van der Waals surface area contributed by atoms with Crippen molar-refractivity contribution in [2.24, 2.45) is 0 Å². The maximum absolute atomic E-state index is 12.7. The van der Waals surface area contributed by atoms with Crippen LogP contribution in [0.1, 0.15) is 46.9 Å². The molecule has 23 heavy (non-hydrogen) atoms. The van der Waals surface area contributed by atoms with E-state index >= 15 is 0 Å². The van der Waals surface area contributed by atoms with Gasteiger partial charge < -0.3 is 10.6 Å². The summed E-state index contributed by atoms with van der Waals surface area (Å²) in [5.41, 5.74) is 8.14. The van der Waals surface area contributed by atoms with Crippen molar-refractivity contribution in [3.8, 4) is 0 Å². The third-order valence-electron chi connectivity index (χ3n) is 4.38. The molecule has 0 spiro atoms. The average Bonchev–Trinajstić information content (AvgIpc) is 2.80. The molecule has 1 aromatic heterocycles. The Kier molecular flexibility index (Phi) is 4.55. The van der Waals surface area contributed by atoms with Crippen LogP contribution in [-0.2, 0) is 0 Å². The normalized spacial score (nSPS) is 18.5. The Morgan fingerprint density at radius 2 is 1.96 bits per heavy atom. The summed E-state index contributed by atoms with van der Waals surface area (Å²) in [7, 11) is 0. The van der Waals surface area contributed by atoms with Gasteiger partial charge >= 0.3 is 0 Å². The second-order valence-corrected chi connectivity index (χ2v) is 6.08. The van der Waals surface area contributed by atoms with Crippen molar-refractivity contribution in [3.05, 3.63) is 53.3 Å². The zero-order valence-corrected chi connectivity index (χ0v) is 13.4. The number of likely N-dealkylation sites (tertiary alicyclic amines) is 1. The number of nitrogen functional groups attached to an aromatic ring is 1. The van der Waals surface area contributed by atoms with Gasteiger partial charge in [-0.1, -0.05) is 30.3 Å². The van der Waals surface area contributed by atoms with E-state index in [9.17, 15) is 4.79 Å². The summed E-state index contributed by atoms with van der Waals surface area (Å²) in [6.07, 6.45) is 3.10. The summed E-state index contributed by atoms with van der Waals surface area (Å²) in [4.78, 5) is 22.7. The van der Waals surface area contributed by atoms with Crippen molar-refractivity contribution in [3.63, 3.8) is 0 Å². The quantitative estimate of drug-likeness (QED) is 0.926. The molecule has 0 bridgehead atoms. The fourth-order valence-electron chi connectivity index (χ4n) is 3.22. The summed E-state index contributed by atoms with van der Waals surface area (Å²) in [6, 6.07) is 12.3. The van der Waals surface area contributed by atoms with Crippen LogP contribution in [0.25, 0.3) is 0 Å². The van der Waals surface area contributed by atoms with Gasteiger partial charge in [0.05, 0.1) is 0 Å². The molecule has 1 aliphatic heterocycles. The first-order valence-electron chi connectivity index (χ1n) is 8.09. The molecule has 1 aromatic carbocycles. The largest absolute Gasteiger partial charge is 0.368 e. The summed E-state index contributed by atoms with van der Waals surface area (Å²) in [6.45, 7) is 3.34. The van der Waals surface area contributed by atoms with E-state index < -0.39 is 0 Å². The number of benzene rings is 1. The highest BCUT2D eigenvalue weighted by molar-refractivity contribution is 5.92. The Hall–Kier alpha value is -2.43. The van der Waals surface area contributed by atoms with E-state index in [-0.39, 0.29) is 11.9 Å². The third-order valence-corrected chi connectivity index (χ3v) is 4.38. The van der Waals surface area contributed by atoms with Gasteiger partial charge in [0.25, 0.3) is 5.91 Å². The lowest BCUT2D eigenvalue weighted by atomic mass is 9.92. The van der Waals surface area contributed by atoms with Crippen LogP contribution in [0.15, 0.2) is 36.4 Å². The maximum atomic E-state index is 12.7.